The van der Waals surface area contributed by atoms with Gasteiger partial charge in [0.05, 0.1) is 16.9 Å². The minimum atomic E-state index is -0.769. The number of nitrogens with zero attached hydrogens (tertiary/aromatic N) is 3. The van der Waals surface area contributed by atoms with E-state index in [0.29, 0.717) is 17.3 Å². The lowest BCUT2D eigenvalue weighted by Crippen LogP contribution is -2.25. The van der Waals surface area contributed by atoms with Gasteiger partial charge in [-0.1, -0.05) is 16.7 Å². The van der Waals surface area contributed by atoms with Crippen LogP contribution in [0.1, 0.15) is 42.8 Å². The van der Waals surface area contributed by atoms with Crippen molar-refractivity contribution in [3.05, 3.63) is 53.3 Å². The third kappa shape index (κ3) is 6.19. The molecule has 1 aliphatic rings. The highest BCUT2D eigenvalue weighted by atomic mass is 35.5. The Labute approximate surface area is 198 Å². The van der Waals surface area contributed by atoms with Crippen LogP contribution in [0.2, 0.25) is 5.02 Å². The van der Waals surface area contributed by atoms with Crippen molar-refractivity contribution in [1.82, 2.24) is 15.2 Å². The van der Waals surface area contributed by atoms with Gasteiger partial charge in [0.1, 0.15) is 11.9 Å². The lowest BCUT2D eigenvalue weighted by atomic mass is 9.85. The number of anilines is 3. The smallest absolute Gasteiger partial charge is 0.320 e. The first-order valence-corrected chi connectivity index (χ1v) is 10.9. The van der Waals surface area contributed by atoms with E-state index in [1.165, 1.54) is 24.4 Å². The number of halogens is 2. The monoisotopic (exact) mass is 489 g/mol. The SMILES string of the molecule is O=C(O)CC1CCC(Oc2ccc(NC(=O)c3nnc(Nc4ccc(F)c(Cl)c4)o3)cn2)CC1. The number of aromatic nitrogens is 3. The maximum absolute atomic E-state index is 13.3. The molecular weight excluding hydrogens is 469 g/mol. The predicted molar refractivity (Wildman–Crippen MR) is 120 cm³/mol. The quantitative estimate of drug-likeness (QED) is 0.412. The van der Waals surface area contributed by atoms with Gasteiger partial charge in [0.15, 0.2) is 0 Å². The molecule has 1 aliphatic carbocycles. The van der Waals surface area contributed by atoms with E-state index in [2.05, 4.69) is 25.8 Å². The van der Waals surface area contributed by atoms with Crippen molar-refractivity contribution < 1.29 is 28.2 Å². The summed E-state index contributed by atoms with van der Waals surface area (Å²) in [6, 6.07) is 7.16. The molecule has 0 spiro atoms. The summed E-state index contributed by atoms with van der Waals surface area (Å²) in [7, 11) is 0. The van der Waals surface area contributed by atoms with Crippen LogP contribution < -0.4 is 15.4 Å². The highest BCUT2D eigenvalue weighted by Gasteiger charge is 2.24. The average molecular weight is 490 g/mol. The highest BCUT2D eigenvalue weighted by molar-refractivity contribution is 6.31. The molecule has 10 nitrogen and oxygen atoms in total. The van der Waals surface area contributed by atoms with E-state index in [1.807, 2.05) is 0 Å². The average Bonchev–Trinajstić information content (AvgIpc) is 3.27. The Morgan fingerprint density at radius 2 is 1.91 bits per heavy atom. The number of hydrogen-bond donors (Lipinski definition) is 3. The first-order valence-electron chi connectivity index (χ1n) is 10.6. The van der Waals surface area contributed by atoms with Crippen LogP contribution >= 0.6 is 11.6 Å². The van der Waals surface area contributed by atoms with Crippen LogP contribution in [0.25, 0.3) is 0 Å². The van der Waals surface area contributed by atoms with E-state index in [0.717, 1.165) is 25.7 Å². The van der Waals surface area contributed by atoms with Crippen LogP contribution in [0.4, 0.5) is 21.8 Å². The van der Waals surface area contributed by atoms with Gasteiger partial charge in [-0.05, 0) is 55.9 Å². The number of carbonyl (C=O) groups excluding carboxylic acids is 1. The van der Waals surface area contributed by atoms with E-state index >= 15 is 0 Å². The maximum Gasteiger partial charge on any atom is 0.320 e. The molecule has 0 atom stereocenters. The summed E-state index contributed by atoms with van der Waals surface area (Å²) in [5.74, 6) is -1.64. The Morgan fingerprint density at radius 1 is 1.15 bits per heavy atom. The molecule has 2 aromatic heterocycles. The van der Waals surface area contributed by atoms with Crippen molar-refractivity contribution in [2.45, 2.75) is 38.2 Å². The molecular formula is C22H21ClFN5O5. The second-order valence-electron chi connectivity index (χ2n) is 7.86. The first kappa shape index (κ1) is 23.4. The Balaban J connectivity index is 1.28. The second kappa shape index (κ2) is 10.5. The van der Waals surface area contributed by atoms with Gasteiger partial charge in [-0.25, -0.2) is 9.37 Å². The predicted octanol–water partition coefficient (Wildman–Crippen LogP) is 4.67. The second-order valence-corrected chi connectivity index (χ2v) is 8.27. The zero-order valence-corrected chi connectivity index (χ0v) is 18.6. The van der Waals surface area contributed by atoms with Gasteiger partial charge < -0.3 is 24.9 Å². The van der Waals surface area contributed by atoms with Crippen LogP contribution in [0.3, 0.4) is 0 Å². The van der Waals surface area contributed by atoms with Crippen molar-refractivity contribution in [3.63, 3.8) is 0 Å². The van der Waals surface area contributed by atoms with Gasteiger partial charge in [-0.15, -0.1) is 5.10 Å². The number of nitrogens with one attached hydrogen (secondary N) is 2. The summed E-state index contributed by atoms with van der Waals surface area (Å²) in [5.41, 5.74) is 0.817. The molecule has 1 fully saturated rings. The molecule has 0 aliphatic heterocycles. The normalized spacial score (nSPS) is 17.7. The number of amides is 1. The van der Waals surface area contributed by atoms with Crippen LogP contribution in [0, 0.1) is 11.7 Å². The maximum atomic E-state index is 13.3. The third-order valence-corrected chi connectivity index (χ3v) is 5.62. The number of carboxylic acid groups (broad SMARTS) is 1. The van der Waals surface area contributed by atoms with E-state index in [-0.39, 0.29) is 35.4 Å². The van der Waals surface area contributed by atoms with Gasteiger partial charge in [-0.2, -0.15) is 0 Å². The minimum Gasteiger partial charge on any atom is -0.481 e. The zero-order chi connectivity index (χ0) is 24.1. The van der Waals surface area contributed by atoms with Gasteiger partial charge in [0.2, 0.25) is 5.88 Å². The topological polar surface area (TPSA) is 139 Å². The van der Waals surface area contributed by atoms with Gasteiger partial charge >= 0.3 is 23.8 Å². The molecule has 34 heavy (non-hydrogen) atoms. The molecule has 1 amide bonds. The number of pyridine rings is 1. The molecule has 0 bridgehead atoms. The van der Waals surface area contributed by atoms with Crippen LogP contribution in [0.5, 0.6) is 5.88 Å². The number of carbonyl (C=O) groups is 2. The zero-order valence-electron chi connectivity index (χ0n) is 17.8. The fourth-order valence-electron chi connectivity index (χ4n) is 3.64. The Hall–Kier alpha value is -3.73. The van der Waals surface area contributed by atoms with E-state index in [1.54, 1.807) is 12.1 Å². The molecule has 0 unspecified atom stereocenters. The first-order chi connectivity index (χ1) is 16.4. The van der Waals surface area contributed by atoms with E-state index < -0.39 is 17.7 Å². The molecule has 3 aromatic rings. The Bertz CT molecular complexity index is 1160. The molecule has 2 heterocycles. The highest BCUT2D eigenvalue weighted by Crippen LogP contribution is 2.29. The van der Waals surface area contributed by atoms with Crippen LogP contribution in [-0.2, 0) is 4.79 Å². The van der Waals surface area contributed by atoms with Crippen LogP contribution in [-0.4, -0.2) is 38.3 Å². The number of hydrogen-bond acceptors (Lipinski definition) is 8. The Kier molecular flexibility index (Phi) is 7.21. The van der Waals surface area contributed by atoms with Crippen molar-refractivity contribution in [1.29, 1.82) is 0 Å². The van der Waals surface area contributed by atoms with Crippen LogP contribution in [0.15, 0.2) is 40.9 Å². The third-order valence-electron chi connectivity index (χ3n) is 5.33. The fraction of sp³-hybridized carbons (Fsp3) is 0.318. The summed E-state index contributed by atoms with van der Waals surface area (Å²) in [5, 5.41) is 21.6. The van der Waals surface area contributed by atoms with Crippen molar-refractivity contribution in [2.24, 2.45) is 5.92 Å². The fourth-order valence-corrected chi connectivity index (χ4v) is 3.82. The Morgan fingerprint density at radius 3 is 2.59 bits per heavy atom. The molecule has 1 saturated carbocycles. The lowest BCUT2D eigenvalue weighted by Gasteiger charge is -2.27. The number of carboxylic acids is 1. The lowest BCUT2D eigenvalue weighted by molar-refractivity contribution is -0.138. The molecule has 1 aromatic carbocycles. The minimum absolute atomic E-state index is 0.0155. The summed E-state index contributed by atoms with van der Waals surface area (Å²) in [6.45, 7) is 0. The van der Waals surface area contributed by atoms with Crippen molar-refractivity contribution in [2.75, 3.05) is 10.6 Å². The summed E-state index contributed by atoms with van der Waals surface area (Å²) in [6.07, 6.45) is 4.78. The number of ether oxygens (including phenoxy) is 1. The molecule has 0 saturated heterocycles. The van der Waals surface area contributed by atoms with Gasteiger partial charge in [0, 0.05) is 18.2 Å². The molecule has 0 radical (unpaired) electrons. The standard InChI is InChI=1S/C22H21ClFN5O5/c23-16-10-13(3-7-17(16)24)27-22-29-28-21(34-22)20(32)26-14-4-8-18(25-11-14)33-15-5-1-12(2-6-15)9-19(30)31/h3-4,7-8,10-12,15H,1-2,5-6,9H2,(H,26,32)(H,27,29)(H,30,31). The number of aliphatic carboxylic acids is 1. The van der Waals surface area contributed by atoms with E-state index in [9.17, 15) is 14.0 Å². The van der Waals surface area contributed by atoms with Gasteiger partial charge in [0.25, 0.3) is 0 Å². The molecule has 178 valence electrons. The molecule has 12 heteroatoms. The van der Waals surface area contributed by atoms with Crippen molar-refractivity contribution in [3.8, 4) is 5.88 Å². The number of rotatable bonds is 8. The molecule has 3 N–H and O–H groups in total. The van der Waals surface area contributed by atoms with Crippen molar-refractivity contribution >= 4 is 40.9 Å². The summed E-state index contributed by atoms with van der Waals surface area (Å²) in [4.78, 5) is 27.4. The molecule has 4 rings (SSSR count). The summed E-state index contributed by atoms with van der Waals surface area (Å²) >= 11 is 5.73. The van der Waals surface area contributed by atoms with Gasteiger partial charge in [-0.3, -0.25) is 9.59 Å². The largest absolute Gasteiger partial charge is 0.481 e. The number of benzene rings is 1. The van der Waals surface area contributed by atoms with E-state index in [4.69, 9.17) is 25.9 Å². The summed E-state index contributed by atoms with van der Waals surface area (Å²) < 4.78 is 24.4.